The van der Waals surface area contributed by atoms with Crippen LogP contribution in [0.4, 0.5) is 0 Å². The van der Waals surface area contributed by atoms with E-state index in [-0.39, 0.29) is 0 Å². The predicted molar refractivity (Wildman–Crippen MR) is 77.0 cm³/mol. The highest BCUT2D eigenvalue weighted by Crippen LogP contribution is 2.32. The number of hydrogen-bond acceptors (Lipinski definition) is 4. The molecule has 1 atom stereocenters. The fourth-order valence-electron chi connectivity index (χ4n) is 2.38. The molecule has 1 aromatic carbocycles. The quantitative estimate of drug-likeness (QED) is 0.853. The second-order valence-electron chi connectivity index (χ2n) is 4.73. The van der Waals surface area contributed by atoms with Crippen molar-refractivity contribution in [3.8, 4) is 11.5 Å². The second kappa shape index (κ2) is 6.78. The van der Waals surface area contributed by atoms with E-state index in [9.17, 15) is 0 Å². The van der Waals surface area contributed by atoms with E-state index in [0.717, 1.165) is 31.1 Å². The Bertz CT molecular complexity index is 405. The molecule has 0 aliphatic carbocycles. The van der Waals surface area contributed by atoms with Crippen LogP contribution < -0.4 is 14.8 Å². The molecule has 19 heavy (non-hydrogen) atoms. The summed E-state index contributed by atoms with van der Waals surface area (Å²) in [4.78, 5) is 2.41. The molecule has 4 heteroatoms. The van der Waals surface area contributed by atoms with Gasteiger partial charge in [-0.05, 0) is 37.8 Å². The maximum atomic E-state index is 5.65. The molecule has 1 aliphatic rings. The summed E-state index contributed by atoms with van der Waals surface area (Å²) in [5, 5.41) is 3.39. The molecule has 0 spiro atoms. The van der Waals surface area contributed by atoms with Gasteiger partial charge in [-0.15, -0.1) is 0 Å². The topological polar surface area (TPSA) is 33.7 Å². The van der Waals surface area contributed by atoms with Crippen molar-refractivity contribution in [2.45, 2.75) is 19.9 Å². The van der Waals surface area contributed by atoms with Crippen molar-refractivity contribution in [1.29, 1.82) is 0 Å². The van der Waals surface area contributed by atoms with Crippen molar-refractivity contribution < 1.29 is 9.47 Å². The van der Waals surface area contributed by atoms with Crippen molar-refractivity contribution in [2.75, 3.05) is 39.9 Å². The standard InChI is InChI=1S/C15H24N2O2/c1-4-17(5-2)11-13(16-3)12-6-7-14-15(10-12)19-9-8-18-14/h6-7,10,13,16H,4-5,8-9,11H2,1-3H3. The number of nitrogens with one attached hydrogen (secondary N) is 1. The van der Waals surface area contributed by atoms with E-state index in [1.54, 1.807) is 0 Å². The van der Waals surface area contributed by atoms with E-state index < -0.39 is 0 Å². The number of hydrogen-bond donors (Lipinski definition) is 1. The monoisotopic (exact) mass is 264 g/mol. The molecule has 0 aromatic heterocycles. The molecule has 1 heterocycles. The van der Waals surface area contributed by atoms with Crippen molar-refractivity contribution in [2.24, 2.45) is 0 Å². The molecule has 106 valence electrons. The van der Waals surface area contributed by atoms with Crippen LogP contribution in [0.2, 0.25) is 0 Å². The van der Waals surface area contributed by atoms with E-state index in [0.29, 0.717) is 19.3 Å². The van der Waals surface area contributed by atoms with Gasteiger partial charge in [-0.1, -0.05) is 19.9 Å². The van der Waals surface area contributed by atoms with Crippen molar-refractivity contribution >= 4 is 0 Å². The molecule has 0 fully saturated rings. The van der Waals surface area contributed by atoms with Gasteiger partial charge in [0, 0.05) is 12.6 Å². The van der Waals surface area contributed by atoms with Crippen molar-refractivity contribution in [1.82, 2.24) is 10.2 Å². The zero-order valence-corrected chi connectivity index (χ0v) is 12.1. The average molecular weight is 264 g/mol. The first-order valence-corrected chi connectivity index (χ1v) is 7.07. The summed E-state index contributed by atoms with van der Waals surface area (Å²) in [6, 6.07) is 6.55. The zero-order chi connectivity index (χ0) is 13.7. The molecule has 0 saturated heterocycles. The fraction of sp³-hybridized carbons (Fsp3) is 0.600. The Morgan fingerprint density at radius 3 is 2.47 bits per heavy atom. The molecule has 1 unspecified atom stereocenters. The second-order valence-corrected chi connectivity index (χ2v) is 4.73. The molecular formula is C15H24N2O2. The number of benzene rings is 1. The summed E-state index contributed by atoms with van der Waals surface area (Å²) in [5.74, 6) is 1.72. The van der Waals surface area contributed by atoms with E-state index in [4.69, 9.17) is 9.47 Å². The Balaban J connectivity index is 2.14. The molecule has 2 rings (SSSR count). The Morgan fingerprint density at radius 1 is 1.16 bits per heavy atom. The molecule has 1 aliphatic heterocycles. The van der Waals surface area contributed by atoms with Crippen LogP contribution in [0.3, 0.4) is 0 Å². The highest BCUT2D eigenvalue weighted by atomic mass is 16.6. The first-order chi connectivity index (χ1) is 9.28. The summed E-state index contributed by atoms with van der Waals surface area (Å²) >= 11 is 0. The summed E-state index contributed by atoms with van der Waals surface area (Å²) in [6.07, 6.45) is 0. The predicted octanol–water partition coefficient (Wildman–Crippen LogP) is 2.06. The SMILES string of the molecule is CCN(CC)CC(NC)c1ccc2c(c1)OCCO2. The average Bonchev–Trinajstić information content (AvgIpc) is 2.48. The number of rotatable bonds is 6. The van der Waals surface area contributed by atoms with Gasteiger partial charge in [0.05, 0.1) is 0 Å². The highest BCUT2D eigenvalue weighted by Gasteiger charge is 2.17. The number of ether oxygens (including phenoxy) is 2. The summed E-state index contributed by atoms with van der Waals surface area (Å²) < 4.78 is 11.2. The summed E-state index contributed by atoms with van der Waals surface area (Å²) in [6.45, 7) is 8.81. The van der Waals surface area contributed by atoms with Gasteiger partial charge in [0.25, 0.3) is 0 Å². The molecular weight excluding hydrogens is 240 g/mol. The van der Waals surface area contributed by atoms with Crippen LogP contribution in [0.15, 0.2) is 18.2 Å². The van der Waals surface area contributed by atoms with Crippen LogP contribution in [0, 0.1) is 0 Å². The third-order valence-corrected chi connectivity index (χ3v) is 3.65. The largest absolute Gasteiger partial charge is 0.486 e. The minimum atomic E-state index is 0.315. The van der Waals surface area contributed by atoms with Crippen LogP contribution in [-0.2, 0) is 0 Å². The normalized spacial score (nSPS) is 15.6. The van der Waals surface area contributed by atoms with Gasteiger partial charge in [0.2, 0.25) is 0 Å². The lowest BCUT2D eigenvalue weighted by Gasteiger charge is -2.26. The minimum absolute atomic E-state index is 0.315. The smallest absolute Gasteiger partial charge is 0.161 e. The van der Waals surface area contributed by atoms with Gasteiger partial charge in [-0.3, -0.25) is 0 Å². The van der Waals surface area contributed by atoms with E-state index in [1.807, 2.05) is 13.1 Å². The van der Waals surface area contributed by atoms with Crippen LogP contribution in [0.1, 0.15) is 25.5 Å². The third kappa shape index (κ3) is 3.39. The van der Waals surface area contributed by atoms with Gasteiger partial charge in [-0.25, -0.2) is 0 Å². The highest BCUT2D eigenvalue weighted by molar-refractivity contribution is 5.44. The zero-order valence-electron chi connectivity index (χ0n) is 12.1. The van der Waals surface area contributed by atoms with E-state index >= 15 is 0 Å². The Kier molecular flexibility index (Phi) is 5.05. The molecule has 1 N–H and O–H groups in total. The summed E-state index contributed by atoms with van der Waals surface area (Å²) in [5.41, 5.74) is 1.25. The number of nitrogens with zero attached hydrogens (tertiary/aromatic N) is 1. The Morgan fingerprint density at radius 2 is 1.84 bits per heavy atom. The van der Waals surface area contributed by atoms with Crippen LogP contribution in [0.25, 0.3) is 0 Å². The van der Waals surface area contributed by atoms with Gasteiger partial charge >= 0.3 is 0 Å². The Labute approximate surface area is 115 Å². The molecule has 4 nitrogen and oxygen atoms in total. The van der Waals surface area contributed by atoms with Crippen LogP contribution in [-0.4, -0.2) is 44.8 Å². The van der Waals surface area contributed by atoms with Crippen molar-refractivity contribution in [3.05, 3.63) is 23.8 Å². The third-order valence-electron chi connectivity index (χ3n) is 3.65. The van der Waals surface area contributed by atoms with Gasteiger partial charge in [0.1, 0.15) is 13.2 Å². The fourth-order valence-corrected chi connectivity index (χ4v) is 2.38. The van der Waals surface area contributed by atoms with E-state index in [2.05, 4.69) is 36.2 Å². The molecule has 0 bridgehead atoms. The lowest BCUT2D eigenvalue weighted by molar-refractivity contribution is 0.171. The lowest BCUT2D eigenvalue weighted by Crippen LogP contribution is -2.33. The molecule has 1 aromatic rings. The Hall–Kier alpha value is -1.26. The van der Waals surface area contributed by atoms with E-state index in [1.165, 1.54) is 5.56 Å². The van der Waals surface area contributed by atoms with Gasteiger partial charge in [-0.2, -0.15) is 0 Å². The maximum Gasteiger partial charge on any atom is 0.161 e. The molecule has 0 amide bonds. The van der Waals surface area contributed by atoms with Gasteiger partial charge < -0.3 is 19.7 Å². The van der Waals surface area contributed by atoms with Crippen molar-refractivity contribution in [3.63, 3.8) is 0 Å². The first-order valence-electron chi connectivity index (χ1n) is 7.07. The van der Waals surface area contributed by atoms with Crippen LogP contribution >= 0.6 is 0 Å². The minimum Gasteiger partial charge on any atom is -0.486 e. The lowest BCUT2D eigenvalue weighted by atomic mass is 10.1. The number of likely N-dealkylation sites (N-methyl/N-ethyl adjacent to an activating group) is 2. The van der Waals surface area contributed by atoms with Gasteiger partial charge in [0.15, 0.2) is 11.5 Å². The summed E-state index contributed by atoms with van der Waals surface area (Å²) in [7, 11) is 2.00. The maximum absolute atomic E-state index is 5.65. The molecule has 0 saturated carbocycles. The number of fused-ring (bicyclic) bond motifs is 1. The first kappa shape index (κ1) is 14.2. The van der Waals surface area contributed by atoms with Crippen LogP contribution in [0.5, 0.6) is 11.5 Å². The molecule has 0 radical (unpaired) electrons.